The molecule has 12 nitrogen and oxygen atoms in total. The van der Waals surface area contributed by atoms with Crippen molar-refractivity contribution in [2.75, 3.05) is 49.7 Å². The summed E-state index contributed by atoms with van der Waals surface area (Å²) in [6, 6.07) is 10.9. The van der Waals surface area contributed by atoms with Gasteiger partial charge < -0.3 is 40.8 Å². The molecule has 2 atom stereocenters. The lowest BCUT2D eigenvalue weighted by molar-refractivity contribution is 0.0975. The zero-order valence-electron chi connectivity index (χ0n) is 24.5. The van der Waals surface area contributed by atoms with Crippen molar-refractivity contribution in [3.8, 4) is 5.88 Å². The molecule has 0 radical (unpaired) electrons. The lowest BCUT2D eigenvalue weighted by Gasteiger charge is -2.27. The predicted octanol–water partition coefficient (Wildman–Crippen LogP) is 3.34. The Morgan fingerprint density at radius 1 is 1.19 bits per heavy atom. The largest absolute Gasteiger partial charge is 0.472 e. The molecule has 1 aliphatic rings. The fourth-order valence-corrected chi connectivity index (χ4v) is 4.62. The van der Waals surface area contributed by atoms with Crippen LogP contribution in [-0.2, 0) is 4.74 Å². The first-order chi connectivity index (χ1) is 20.1. The number of morpholine rings is 1. The molecule has 1 fully saturated rings. The molecule has 1 saturated heterocycles. The maximum atomic E-state index is 12.3. The number of benzene rings is 1. The Bertz CT molecular complexity index is 1410. The van der Waals surface area contributed by atoms with Gasteiger partial charge in [0.25, 0.3) is 11.8 Å². The van der Waals surface area contributed by atoms with E-state index in [1.54, 1.807) is 30.6 Å². The van der Waals surface area contributed by atoms with Crippen LogP contribution in [0.3, 0.4) is 0 Å². The molecule has 3 aromatic heterocycles. The van der Waals surface area contributed by atoms with Crippen LogP contribution in [0.2, 0.25) is 0 Å². The van der Waals surface area contributed by atoms with E-state index in [2.05, 4.69) is 55.0 Å². The van der Waals surface area contributed by atoms with E-state index in [1.807, 2.05) is 25.1 Å². The maximum Gasteiger partial charge on any atom is 0.270 e. The molecule has 0 spiro atoms. The summed E-state index contributed by atoms with van der Waals surface area (Å²) in [5.41, 5.74) is 8.87. The number of aliphatic hydroxyl groups is 1. The van der Waals surface area contributed by atoms with E-state index < -0.39 is 6.10 Å². The van der Waals surface area contributed by atoms with Crippen LogP contribution in [0, 0.1) is 0 Å². The lowest BCUT2D eigenvalue weighted by Crippen LogP contribution is -2.42. The van der Waals surface area contributed by atoms with Crippen molar-refractivity contribution in [2.45, 2.75) is 45.4 Å². The second-order valence-corrected chi connectivity index (χ2v) is 11.6. The van der Waals surface area contributed by atoms with Crippen molar-refractivity contribution in [3.05, 3.63) is 59.9 Å². The number of aliphatic hydroxyl groups excluding tert-OH is 1. The van der Waals surface area contributed by atoms with Gasteiger partial charge >= 0.3 is 0 Å². The van der Waals surface area contributed by atoms with Gasteiger partial charge in [0.1, 0.15) is 18.4 Å². The number of amides is 1. The van der Waals surface area contributed by atoms with E-state index in [1.165, 1.54) is 0 Å². The number of H-pyrrole nitrogens is 1. The van der Waals surface area contributed by atoms with E-state index in [9.17, 15) is 9.90 Å². The van der Waals surface area contributed by atoms with Gasteiger partial charge in [0.05, 0.1) is 30.6 Å². The van der Waals surface area contributed by atoms with Crippen molar-refractivity contribution in [1.82, 2.24) is 24.0 Å². The standard InChI is InChI=1S/C16H16N4O.C13H24N4O3S/c1-10(17)11-2-4-12(5-3-11)16(21)20-14-7-9-19-15-13(14)6-8-18-15;1-13(2,3)14-8-10(18)9-20-12-11(15-21-16-12)17-4-6-19-7-5-17/h2-10H,17H2,1H3,(H2,18,19,20,21);10,14,18H,4-9H2,1-3H3/t2*10-/m10/s1. The van der Waals surface area contributed by atoms with Crippen LogP contribution in [0.4, 0.5) is 11.5 Å². The quantitative estimate of drug-likeness (QED) is 0.194. The number of nitrogens with two attached hydrogens (primary N) is 1. The Morgan fingerprint density at radius 3 is 2.62 bits per heavy atom. The summed E-state index contributed by atoms with van der Waals surface area (Å²) in [6.07, 6.45) is 2.88. The fraction of sp³-hybridized carbons (Fsp3) is 0.448. The molecule has 6 N–H and O–H groups in total. The summed E-state index contributed by atoms with van der Waals surface area (Å²) in [6.45, 7) is 11.7. The third-order valence-corrected chi connectivity index (χ3v) is 6.94. The van der Waals surface area contributed by atoms with Gasteiger partial charge in [-0.05, 0) is 57.5 Å². The molecule has 1 aliphatic heterocycles. The number of carbonyl (C=O) groups excluding carboxylic acids is 1. The first kappa shape index (κ1) is 31.3. The molecule has 4 heterocycles. The van der Waals surface area contributed by atoms with Gasteiger partial charge in [-0.3, -0.25) is 4.79 Å². The Kier molecular flexibility index (Phi) is 10.8. The Balaban J connectivity index is 0.000000193. The van der Waals surface area contributed by atoms with Crippen LogP contribution in [-0.4, -0.2) is 80.8 Å². The number of ether oxygens (including phenoxy) is 2. The van der Waals surface area contributed by atoms with E-state index in [0.717, 1.165) is 52.9 Å². The molecule has 0 bridgehead atoms. The second kappa shape index (κ2) is 14.5. The summed E-state index contributed by atoms with van der Waals surface area (Å²) in [7, 11) is 0. The Hall–Kier alpha value is -3.62. The number of hydrogen-bond donors (Lipinski definition) is 5. The first-order valence-corrected chi connectivity index (χ1v) is 14.6. The van der Waals surface area contributed by atoms with Gasteiger partial charge in [-0.15, -0.1) is 4.37 Å². The van der Waals surface area contributed by atoms with Gasteiger partial charge in [0, 0.05) is 54.6 Å². The number of fused-ring (bicyclic) bond motifs is 1. The lowest BCUT2D eigenvalue weighted by atomic mass is 10.1. The molecule has 4 aromatic rings. The molecule has 226 valence electrons. The summed E-state index contributed by atoms with van der Waals surface area (Å²) in [4.78, 5) is 21.6. The maximum absolute atomic E-state index is 12.3. The highest BCUT2D eigenvalue weighted by atomic mass is 32.1. The molecular formula is C29H40N8O4S. The van der Waals surface area contributed by atoms with Gasteiger partial charge in [-0.2, -0.15) is 4.37 Å². The van der Waals surface area contributed by atoms with E-state index in [4.69, 9.17) is 15.2 Å². The van der Waals surface area contributed by atoms with Crippen LogP contribution in [0.25, 0.3) is 11.0 Å². The average molecular weight is 597 g/mol. The number of carbonyl (C=O) groups is 1. The van der Waals surface area contributed by atoms with Gasteiger partial charge in [-0.1, -0.05) is 12.1 Å². The summed E-state index contributed by atoms with van der Waals surface area (Å²) >= 11 is 1.12. The predicted molar refractivity (Wildman–Crippen MR) is 165 cm³/mol. The molecular weight excluding hydrogens is 556 g/mol. The minimum Gasteiger partial charge on any atom is -0.472 e. The monoisotopic (exact) mass is 596 g/mol. The molecule has 13 heteroatoms. The minimum atomic E-state index is -0.580. The summed E-state index contributed by atoms with van der Waals surface area (Å²) < 4.78 is 19.4. The smallest absolute Gasteiger partial charge is 0.270 e. The van der Waals surface area contributed by atoms with Crippen molar-refractivity contribution >= 4 is 40.2 Å². The fourth-order valence-electron chi connectivity index (χ4n) is 4.10. The zero-order chi connectivity index (χ0) is 30.1. The van der Waals surface area contributed by atoms with Crippen LogP contribution in [0.15, 0.2) is 48.8 Å². The van der Waals surface area contributed by atoms with E-state index in [-0.39, 0.29) is 24.1 Å². The Labute approximate surface area is 250 Å². The molecule has 0 saturated carbocycles. The summed E-state index contributed by atoms with van der Waals surface area (Å²) in [5.74, 6) is 1.09. The van der Waals surface area contributed by atoms with E-state index >= 15 is 0 Å². The molecule has 0 unspecified atom stereocenters. The second-order valence-electron chi connectivity index (χ2n) is 11.1. The number of aromatic amines is 1. The van der Waals surface area contributed by atoms with E-state index in [0.29, 0.717) is 31.2 Å². The number of β-amino-alcohol motifs (C(OH)–C–C–N with tert-alkyl or cyclic N) is 1. The SMILES string of the molecule is CC(C)(C)NC[C@H](O)COc1nsnc1N1CCOCC1.C[C@@H](N)c1ccc(C(=O)Nc2ccnc3[nH]ccc23)cc1. The normalized spacial score (nSPS) is 15.0. The van der Waals surface area contributed by atoms with Crippen LogP contribution >= 0.6 is 11.7 Å². The van der Waals surface area contributed by atoms with Crippen molar-refractivity contribution < 1.29 is 19.4 Å². The number of aromatic nitrogens is 4. The molecule has 1 amide bonds. The summed E-state index contributed by atoms with van der Waals surface area (Å²) in [5, 5.41) is 17.0. The van der Waals surface area contributed by atoms with Crippen molar-refractivity contribution in [3.63, 3.8) is 0 Å². The number of anilines is 2. The van der Waals surface area contributed by atoms with Crippen molar-refractivity contribution in [1.29, 1.82) is 0 Å². The highest BCUT2D eigenvalue weighted by molar-refractivity contribution is 6.99. The van der Waals surface area contributed by atoms with Crippen molar-refractivity contribution in [2.24, 2.45) is 5.73 Å². The Morgan fingerprint density at radius 2 is 1.93 bits per heavy atom. The first-order valence-electron chi connectivity index (χ1n) is 13.9. The number of hydrogen-bond acceptors (Lipinski definition) is 11. The minimum absolute atomic E-state index is 0.0257. The van der Waals surface area contributed by atoms with Crippen LogP contribution in [0.1, 0.15) is 49.7 Å². The highest BCUT2D eigenvalue weighted by Crippen LogP contribution is 2.26. The topological polar surface area (TPSA) is 164 Å². The molecule has 5 rings (SSSR count). The van der Waals surface area contributed by atoms with Gasteiger partial charge in [0.2, 0.25) is 5.82 Å². The third kappa shape index (κ3) is 8.94. The van der Waals surface area contributed by atoms with Gasteiger partial charge in [-0.25, -0.2) is 4.98 Å². The number of nitrogens with one attached hydrogen (secondary N) is 3. The third-order valence-electron chi connectivity index (χ3n) is 6.44. The highest BCUT2D eigenvalue weighted by Gasteiger charge is 2.21. The molecule has 0 aliphatic carbocycles. The molecule has 1 aromatic carbocycles. The zero-order valence-corrected chi connectivity index (χ0v) is 25.3. The number of rotatable bonds is 9. The number of nitrogens with zero attached hydrogens (tertiary/aromatic N) is 4. The van der Waals surface area contributed by atoms with Crippen LogP contribution in [0.5, 0.6) is 5.88 Å². The van der Waals surface area contributed by atoms with Gasteiger partial charge in [0.15, 0.2) is 0 Å². The molecule has 42 heavy (non-hydrogen) atoms. The van der Waals surface area contributed by atoms with Crippen LogP contribution < -0.4 is 26.0 Å². The average Bonchev–Trinajstić information content (AvgIpc) is 3.66. The number of pyridine rings is 1.